The third-order valence-electron chi connectivity index (χ3n) is 2.40. The Kier molecular flexibility index (Phi) is 4.22. The highest BCUT2D eigenvalue weighted by atomic mass is 32.2. The molecule has 1 N–H and O–H groups in total. The first-order valence-electron chi connectivity index (χ1n) is 4.75. The molecule has 76 valence electrons. The van der Waals surface area contributed by atoms with Gasteiger partial charge in [0, 0.05) is 18.2 Å². The number of rotatable bonds is 4. The zero-order valence-corrected chi connectivity index (χ0v) is 9.30. The van der Waals surface area contributed by atoms with E-state index in [1.807, 2.05) is 7.05 Å². The quantitative estimate of drug-likeness (QED) is 0.552. The van der Waals surface area contributed by atoms with Gasteiger partial charge in [0.15, 0.2) is 0 Å². The summed E-state index contributed by atoms with van der Waals surface area (Å²) >= 11 is 1.54. The van der Waals surface area contributed by atoms with E-state index in [1.165, 1.54) is 6.42 Å². The Balaban J connectivity index is 2.40. The first kappa shape index (κ1) is 11.0. The maximum atomic E-state index is 10.7. The van der Waals surface area contributed by atoms with E-state index in [0.29, 0.717) is 12.0 Å². The predicted molar refractivity (Wildman–Crippen MR) is 56.2 cm³/mol. The van der Waals surface area contributed by atoms with Crippen molar-refractivity contribution in [3.8, 4) is 0 Å². The van der Waals surface area contributed by atoms with Crippen molar-refractivity contribution in [1.29, 1.82) is 0 Å². The van der Waals surface area contributed by atoms with Crippen LogP contribution in [0.3, 0.4) is 0 Å². The molecular formula is C9H18N2OS. The summed E-state index contributed by atoms with van der Waals surface area (Å²) in [6, 6.07) is 0.374. The Morgan fingerprint density at radius 3 is 2.85 bits per heavy atom. The van der Waals surface area contributed by atoms with Gasteiger partial charge in [-0.2, -0.15) is 0 Å². The molecule has 0 aliphatic carbocycles. The van der Waals surface area contributed by atoms with Gasteiger partial charge in [-0.3, -0.25) is 0 Å². The maximum absolute atomic E-state index is 10.7. The van der Waals surface area contributed by atoms with Crippen molar-refractivity contribution in [3.05, 3.63) is 0 Å². The minimum absolute atomic E-state index is 0.00810. The van der Waals surface area contributed by atoms with E-state index in [4.69, 9.17) is 0 Å². The summed E-state index contributed by atoms with van der Waals surface area (Å²) in [6.07, 6.45) is 3.29. The second kappa shape index (κ2) is 4.98. The Labute approximate surface area is 84.5 Å². The highest BCUT2D eigenvalue weighted by Gasteiger charge is 2.31. The van der Waals surface area contributed by atoms with Crippen LogP contribution in [0.1, 0.15) is 26.7 Å². The molecule has 1 saturated heterocycles. The summed E-state index contributed by atoms with van der Waals surface area (Å²) < 4.78 is 5.24. The molecule has 0 bridgehead atoms. The summed E-state index contributed by atoms with van der Waals surface area (Å²) in [6.45, 7) is 4.43. The SMILES string of the molecule is CC(C)CCC1C(C=O)NSN1C. The molecule has 3 nitrogen and oxygen atoms in total. The van der Waals surface area contributed by atoms with Crippen molar-refractivity contribution in [2.45, 2.75) is 38.8 Å². The first-order valence-corrected chi connectivity index (χ1v) is 5.53. The van der Waals surface area contributed by atoms with E-state index in [0.717, 1.165) is 12.7 Å². The van der Waals surface area contributed by atoms with Crippen LogP contribution >= 0.6 is 12.1 Å². The van der Waals surface area contributed by atoms with Crippen molar-refractivity contribution < 1.29 is 4.79 Å². The van der Waals surface area contributed by atoms with E-state index in [2.05, 4.69) is 22.9 Å². The van der Waals surface area contributed by atoms with Gasteiger partial charge < -0.3 is 4.79 Å². The fraction of sp³-hybridized carbons (Fsp3) is 0.889. The van der Waals surface area contributed by atoms with E-state index < -0.39 is 0 Å². The van der Waals surface area contributed by atoms with Crippen molar-refractivity contribution in [2.75, 3.05) is 7.05 Å². The van der Waals surface area contributed by atoms with Gasteiger partial charge in [-0.25, -0.2) is 9.03 Å². The fourth-order valence-corrected chi connectivity index (χ4v) is 2.37. The monoisotopic (exact) mass is 202 g/mol. The minimum Gasteiger partial charge on any atom is -0.302 e. The molecule has 2 unspecified atom stereocenters. The number of aldehydes is 1. The third kappa shape index (κ3) is 2.97. The lowest BCUT2D eigenvalue weighted by Gasteiger charge is -2.19. The van der Waals surface area contributed by atoms with Crippen LogP contribution in [0.15, 0.2) is 0 Å². The largest absolute Gasteiger partial charge is 0.302 e. The fourth-order valence-electron chi connectivity index (χ4n) is 1.50. The Morgan fingerprint density at radius 2 is 2.31 bits per heavy atom. The molecule has 1 aliphatic heterocycles. The maximum Gasteiger partial charge on any atom is 0.139 e. The summed E-state index contributed by atoms with van der Waals surface area (Å²) in [7, 11) is 2.03. The number of nitrogens with one attached hydrogen (secondary N) is 1. The highest BCUT2D eigenvalue weighted by molar-refractivity contribution is 7.95. The van der Waals surface area contributed by atoms with Crippen LogP contribution in [0.5, 0.6) is 0 Å². The van der Waals surface area contributed by atoms with E-state index in [1.54, 1.807) is 12.1 Å². The molecule has 1 fully saturated rings. The predicted octanol–water partition coefficient (Wildman–Crippen LogP) is 1.46. The second-order valence-corrected chi connectivity index (χ2v) is 4.95. The number of hydrogen-bond acceptors (Lipinski definition) is 4. The van der Waals surface area contributed by atoms with Crippen LogP contribution in [0.25, 0.3) is 0 Å². The number of hydrogen-bond donors (Lipinski definition) is 1. The number of likely N-dealkylation sites (N-methyl/N-ethyl adjacent to an activating group) is 1. The second-order valence-electron chi connectivity index (χ2n) is 3.96. The molecule has 4 heteroatoms. The number of nitrogens with zero attached hydrogens (tertiary/aromatic N) is 1. The van der Waals surface area contributed by atoms with E-state index in [9.17, 15) is 4.79 Å². The molecule has 13 heavy (non-hydrogen) atoms. The van der Waals surface area contributed by atoms with Gasteiger partial charge in [-0.1, -0.05) is 13.8 Å². The van der Waals surface area contributed by atoms with Crippen LogP contribution in [0.2, 0.25) is 0 Å². The van der Waals surface area contributed by atoms with Gasteiger partial charge in [0.2, 0.25) is 0 Å². The van der Waals surface area contributed by atoms with Gasteiger partial charge in [0.05, 0.1) is 6.04 Å². The molecule has 2 atom stereocenters. The zero-order valence-electron chi connectivity index (χ0n) is 8.49. The van der Waals surface area contributed by atoms with Gasteiger partial charge in [0.25, 0.3) is 0 Å². The van der Waals surface area contributed by atoms with E-state index in [-0.39, 0.29) is 6.04 Å². The molecule has 0 amide bonds. The van der Waals surface area contributed by atoms with Crippen molar-refractivity contribution in [3.63, 3.8) is 0 Å². The first-order chi connectivity index (χ1) is 6.15. The summed E-state index contributed by atoms with van der Waals surface area (Å²) in [5.41, 5.74) is 0. The molecule has 1 rings (SSSR count). The standard InChI is InChI=1S/C9H18N2OS/c1-7(2)4-5-9-8(6-12)10-13-11(9)3/h6-10H,4-5H2,1-3H3. The smallest absolute Gasteiger partial charge is 0.139 e. The minimum atomic E-state index is 0.00810. The molecule has 0 aromatic carbocycles. The molecular weight excluding hydrogens is 184 g/mol. The lowest BCUT2D eigenvalue weighted by atomic mass is 9.99. The number of carbonyl (C=O) groups excluding carboxylic acids is 1. The van der Waals surface area contributed by atoms with Crippen LogP contribution < -0.4 is 4.72 Å². The topological polar surface area (TPSA) is 32.3 Å². The Morgan fingerprint density at radius 1 is 1.62 bits per heavy atom. The van der Waals surface area contributed by atoms with Gasteiger partial charge >= 0.3 is 0 Å². The van der Waals surface area contributed by atoms with Gasteiger partial charge in [0.1, 0.15) is 6.29 Å². The highest BCUT2D eigenvalue weighted by Crippen LogP contribution is 2.24. The average molecular weight is 202 g/mol. The summed E-state index contributed by atoms with van der Waals surface area (Å²) in [5, 5.41) is 0. The zero-order chi connectivity index (χ0) is 9.84. The van der Waals surface area contributed by atoms with Crippen LogP contribution in [-0.2, 0) is 4.79 Å². The Bertz CT molecular complexity index is 175. The molecule has 0 aromatic heterocycles. The van der Waals surface area contributed by atoms with E-state index >= 15 is 0 Å². The molecule has 0 radical (unpaired) electrons. The molecule has 1 aliphatic rings. The van der Waals surface area contributed by atoms with Crippen LogP contribution in [0.4, 0.5) is 0 Å². The van der Waals surface area contributed by atoms with Crippen molar-refractivity contribution >= 4 is 18.4 Å². The third-order valence-corrected chi connectivity index (χ3v) is 3.34. The summed E-state index contributed by atoms with van der Waals surface area (Å²) in [5.74, 6) is 0.714. The summed E-state index contributed by atoms with van der Waals surface area (Å²) in [4.78, 5) is 10.7. The Hall–Kier alpha value is -0.0600. The molecule has 0 aromatic rings. The number of carbonyl (C=O) groups is 1. The van der Waals surface area contributed by atoms with Crippen LogP contribution in [0, 0.1) is 5.92 Å². The van der Waals surface area contributed by atoms with Crippen molar-refractivity contribution in [2.24, 2.45) is 5.92 Å². The molecule has 1 heterocycles. The normalized spacial score (nSPS) is 29.8. The lowest BCUT2D eigenvalue weighted by molar-refractivity contribution is -0.109. The van der Waals surface area contributed by atoms with Gasteiger partial charge in [-0.15, -0.1) is 0 Å². The lowest BCUT2D eigenvalue weighted by Crippen LogP contribution is -2.35. The van der Waals surface area contributed by atoms with Crippen molar-refractivity contribution in [1.82, 2.24) is 9.03 Å². The average Bonchev–Trinajstić information content (AvgIpc) is 2.43. The molecule has 0 saturated carbocycles. The van der Waals surface area contributed by atoms with Gasteiger partial charge in [-0.05, 0) is 25.8 Å². The molecule has 0 spiro atoms. The van der Waals surface area contributed by atoms with Crippen LogP contribution in [-0.4, -0.2) is 29.7 Å².